The largest absolute Gasteiger partial charge is 0.498 e. The smallest absolute Gasteiger partial charge is 0.444 e. The van der Waals surface area contributed by atoms with Gasteiger partial charge in [-0.2, -0.15) is 0 Å². The molecule has 0 radical (unpaired) electrons. The molecule has 0 aromatic heterocycles. The number of fused-ring (bicyclic) bond motifs is 1. The number of halogens is 1. The number of nitrogens with zero attached hydrogens (tertiary/aromatic N) is 1. The predicted octanol–water partition coefficient (Wildman–Crippen LogP) is 3.73. The zero-order valence-electron chi connectivity index (χ0n) is 18.2. The summed E-state index contributed by atoms with van der Waals surface area (Å²) in [5, 5.41) is 0. The van der Waals surface area contributed by atoms with Gasteiger partial charge in [0.1, 0.15) is 11.4 Å². The van der Waals surface area contributed by atoms with E-state index in [2.05, 4.69) is 0 Å². The third-order valence-corrected chi connectivity index (χ3v) is 5.85. The van der Waals surface area contributed by atoms with Crippen molar-refractivity contribution in [2.24, 2.45) is 0 Å². The Labute approximate surface area is 167 Å². The topological polar surface area (TPSA) is 48.0 Å². The van der Waals surface area contributed by atoms with Crippen molar-refractivity contribution in [1.29, 1.82) is 0 Å². The van der Waals surface area contributed by atoms with Crippen LogP contribution in [0.1, 0.15) is 65.2 Å². The Morgan fingerprint density at radius 2 is 1.79 bits per heavy atom. The van der Waals surface area contributed by atoms with Gasteiger partial charge in [0.25, 0.3) is 0 Å². The average molecular weight is 391 g/mol. The van der Waals surface area contributed by atoms with Gasteiger partial charge in [0, 0.05) is 17.6 Å². The van der Waals surface area contributed by atoms with E-state index in [0.29, 0.717) is 24.0 Å². The third-order valence-electron chi connectivity index (χ3n) is 5.85. The van der Waals surface area contributed by atoms with Crippen molar-refractivity contribution < 1.29 is 23.2 Å². The number of ether oxygens (including phenoxy) is 1. The number of carbonyl (C=O) groups is 1. The van der Waals surface area contributed by atoms with Crippen molar-refractivity contribution in [2.45, 2.75) is 85.2 Å². The summed E-state index contributed by atoms with van der Waals surface area (Å²) in [5.74, 6) is -0.346. The van der Waals surface area contributed by atoms with Gasteiger partial charge in [-0.05, 0) is 72.9 Å². The summed E-state index contributed by atoms with van der Waals surface area (Å²) < 4.78 is 33.2. The number of carbonyl (C=O) groups excluding carboxylic acids is 1. The molecule has 0 saturated carbocycles. The van der Waals surface area contributed by atoms with Gasteiger partial charge in [0.15, 0.2) is 0 Å². The van der Waals surface area contributed by atoms with Gasteiger partial charge in [0.05, 0.1) is 17.7 Å². The Bertz CT molecular complexity index is 785. The van der Waals surface area contributed by atoms with Crippen LogP contribution in [0.2, 0.25) is 0 Å². The number of amides is 1. The summed E-state index contributed by atoms with van der Waals surface area (Å²) in [6.45, 7) is 15.8. The van der Waals surface area contributed by atoms with E-state index in [-0.39, 0.29) is 12.4 Å². The van der Waals surface area contributed by atoms with Crippen LogP contribution in [-0.2, 0) is 27.0 Å². The summed E-state index contributed by atoms with van der Waals surface area (Å²) >= 11 is 0. The fourth-order valence-electron chi connectivity index (χ4n) is 3.55. The van der Waals surface area contributed by atoms with Crippen LogP contribution in [0.15, 0.2) is 6.07 Å². The predicted molar refractivity (Wildman–Crippen MR) is 107 cm³/mol. The molecule has 7 heteroatoms. The Morgan fingerprint density at radius 3 is 2.32 bits per heavy atom. The number of hydrogen-bond acceptors (Lipinski definition) is 4. The lowest BCUT2D eigenvalue weighted by atomic mass is 9.73. The van der Waals surface area contributed by atoms with Gasteiger partial charge in [-0.1, -0.05) is 6.07 Å². The van der Waals surface area contributed by atoms with Gasteiger partial charge in [-0.15, -0.1) is 0 Å². The van der Waals surface area contributed by atoms with Gasteiger partial charge in [-0.25, -0.2) is 9.18 Å². The van der Waals surface area contributed by atoms with Crippen LogP contribution < -0.4 is 5.46 Å². The van der Waals surface area contributed by atoms with Crippen molar-refractivity contribution >= 4 is 18.7 Å². The highest BCUT2D eigenvalue weighted by Gasteiger charge is 2.53. The first-order chi connectivity index (χ1) is 12.7. The molecule has 28 heavy (non-hydrogen) atoms. The molecular weight excluding hydrogens is 360 g/mol. The number of hydrogen-bond donors (Lipinski definition) is 0. The van der Waals surface area contributed by atoms with Gasteiger partial charge >= 0.3 is 13.2 Å². The minimum absolute atomic E-state index is 0.183. The van der Waals surface area contributed by atoms with E-state index < -0.39 is 30.0 Å². The second-order valence-corrected chi connectivity index (χ2v) is 9.80. The zero-order chi connectivity index (χ0) is 21.1. The maximum Gasteiger partial charge on any atom is 0.498 e. The highest BCUT2D eigenvalue weighted by Crippen LogP contribution is 2.37. The molecule has 0 spiro atoms. The first kappa shape index (κ1) is 21.1. The number of rotatable bonds is 1. The van der Waals surface area contributed by atoms with Gasteiger partial charge in [-0.3, -0.25) is 0 Å². The quantitative estimate of drug-likeness (QED) is 0.685. The normalized spacial score (nSPS) is 20.9. The zero-order valence-corrected chi connectivity index (χ0v) is 18.2. The molecule has 5 nitrogen and oxygen atoms in total. The number of benzene rings is 1. The number of aryl methyl sites for hydroxylation is 1. The molecule has 2 aliphatic rings. The van der Waals surface area contributed by atoms with E-state index in [1.807, 2.05) is 61.5 Å². The highest BCUT2D eigenvalue weighted by molar-refractivity contribution is 6.62. The molecule has 0 bridgehead atoms. The SMILES string of the molecule is Cc1cc2c(c(F)c1B1OC(C)(C)C(C)(C)O1)CN(C(=O)OC(C)(C)C)CC2. The molecule has 154 valence electrons. The molecule has 2 aliphatic heterocycles. The lowest BCUT2D eigenvalue weighted by Gasteiger charge is -2.32. The van der Waals surface area contributed by atoms with Crippen LogP contribution >= 0.6 is 0 Å². The summed E-state index contributed by atoms with van der Waals surface area (Å²) in [5.41, 5.74) is 0.993. The van der Waals surface area contributed by atoms with Gasteiger partial charge < -0.3 is 18.9 Å². The molecule has 3 rings (SSSR count). The second-order valence-electron chi connectivity index (χ2n) is 9.80. The molecule has 0 unspecified atom stereocenters. The molecule has 2 heterocycles. The van der Waals surface area contributed by atoms with Crippen molar-refractivity contribution in [2.75, 3.05) is 6.54 Å². The fourth-order valence-corrected chi connectivity index (χ4v) is 3.55. The van der Waals surface area contributed by atoms with Crippen LogP contribution in [0.3, 0.4) is 0 Å². The summed E-state index contributed by atoms with van der Waals surface area (Å²) in [7, 11) is -0.771. The van der Waals surface area contributed by atoms with E-state index in [0.717, 1.165) is 11.1 Å². The van der Waals surface area contributed by atoms with Crippen LogP contribution in [0.25, 0.3) is 0 Å². The Hall–Kier alpha value is -1.60. The molecule has 1 aromatic rings. The molecule has 0 N–H and O–H groups in total. The average Bonchev–Trinajstić information content (AvgIpc) is 2.73. The van der Waals surface area contributed by atoms with Crippen LogP contribution in [0.4, 0.5) is 9.18 Å². The fraction of sp³-hybridized carbons (Fsp3) is 0.667. The summed E-state index contributed by atoms with van der Waals surface area (Å²) in [6, 6.07) is 1.99. The molecule has 0 aliphatic carbocycles. The highest BCUT2D eigenvalue weighted by atomic mass is 19.1. The van der Waals surface area contributed by atoms with Crippen molar-refractivity contribution in [3.8, 4) is 0 Å². The standard InChI is InChI=1S/C21H31BFNO4/c1-13-11-14-9-10-24(18(25)26-19(2,3)4)12-15(14)17(23)16(13)22-27-20(5,6)21(7,8)28-22/h11H,9-10,12H2,1-8H3. The third kappa shape index (κ3) is 3.79. The molecule has 1 aromatic carbocycles. The monoisotopic (exact) mass is 391 g/mol. The molecule has 1 fully saturated rings. The first-order valence-electron chi connectivity index (χ1n) is 9.86. The minimum Gasteiger partial charge on any atom is -0.444 e. The second kappa shape index (κ2) is 6.73. The molecule has 1 saturated heterocycles. The lowest BCUT2D eigenvalue weighted by Crippen LogP contribution is -2.43. The molecule has 1 amide bonds. The lowest BCUT2D eigenvalue weighted by molar-refractivity contribution is 0.00578. The van der Waals surface area contributed by atoms with E-state index in [9.17, 15) is 4.79 Å². The summed E-state index contributed by atoms with van der Waals surface area (Å²) in [6.07, 6.45) is 0.172. The van der Waals surface area contributed by atoms with Crippen molar-refractivity contribution in [1.82, 2.24) is 4.90 Å². The van der Waals surface area contributed by atoms with Crippen LogP contribution in [-0.4, -0.2) is 41.5 Å². The van der Waals surface area contributed by atoms with Crippen LogP contribution in [0, 0.1) is 12.7 Å². The maximum absolute atomic E-state index is 15.6. The van der Waals surface area contributed by atoms with E-state index in [4.69, 9.17) is 14.0 Å². The van der Waals surface area contributed by atoms with Crippen molar-refractivity contribution in [3.05, 3.63) is 28.6 Å². The van der Waals surface area contributed by atoms with Crippen molar-refractivity contribution in [3.63, 3.8) is 0 Å². The summed E-state index contributed by atoms with van der Waals surface area (Å²) in [4.78, 5) is 14.0. The first-order valence-corrected chi connectivity index (χ1v) is 9.86. The van der Waals surface area contributed by atoms with E-state index in [1.165, 1.54) is 0 Å². The van der Waals surface area contributed by atoms with Gasteiger partial charge in [0.2, 0.25) is 0 Å². The molecular formula is C21H31BFNO4. The molecule has 0 atom stereocenters. The minimum atomic E-state index is -0.771. The van der Waals surface area contributed by atoms with Crippen LogP contribution in [0.5, 0.6) is 0 Å². The maximum atomic E-state index is 15.6. The Balaban J connectivity index is 1.92. The Morgan fingerprint density at radius 1 is 1.21 bits per heavy atom. The Kier molecular flexibility index (Phi) is 5.08. The van der Waals surface area contributed by atoms with E-state index >= 15 is 4.39 Å². The van der Waals surface area contributed by atoms with E-state index in [1.54, 1.807) is 4.90 Å².